The summed E-state index contributed by atoms with van der Waals surface area (Å²) in [4.78, 5) is 40.2. The smallest absolute Gasteiger partial charge is 0.338 e. The lowest BCUT2D eigenvalue weighted by atomic mass is 10.00. The number of aromatic nitrogens is 1. The van der Waals surface area contributed by atoms with Crippen LogP contribution in [-0.2, 0) is 9.53 Å². The number of aromatic amines is 1. The van der Waals surface area contributed by atoms with Gasteiger partial charge in [0.25, 0.3) is 0 Å². The van der Waals surface area contributed by atoms with Crippen LogP contribution in [0.4, 0.5) is 11.4 Å². The van der Waals surface area contributed by atoms with E-state index in [9.17, 15) is 14.7 Å². The number of nitrogens with one attached hydrogen (secondary N) is 1. The highest BCUT2D eigenvalue weighted by molar-refractivity contribution is 6.22. The van der Waals surface area contributed by atoms with Crippen molar-refractivity contribution >= 4 is 39.9 Å². The zero-order valence-corrected chi connectivity index (χ0v) is 24.6. The monoisotopic (exact) mass is 579 g/mol. The van der Waals surface area contributed by atoms with Crippen molar-refractivity contribution in [3.05, 3.63) is 89.5 Å². The third-order valence-corrected chi connectivity index (χ3v) is 8.08. The van der Waals surface area contributed by atoms with Gasteiger partial charge < -0.3 is 24.6 Å². The highest BCUT2D eigenvalue weighted by Crippen LogP contribution is 2.35. The average molecular weight is 580 g/mol. The molecule has 222 valence electrons. The number of likely N-dealkylation sites (N-methyl/N-ethyl adjacent to an activating group) is 1. The number of carbonyl (C=O) groups excluding carboxylic acids is 2. The second-order valence-corrected chi connectivity index (χ2v) is 11.2. The SMILES string of the molecule is CCOC(=O)c1ccc2c(C(=Nc3ccc(N(C(=O)CN4CCN(C)CC4)C4CC4)cc3)c3ccccc3)c(O)[nH]c2c1. The fourth-order valence-electron chi connectivity index (χ4n) is 5.61. The van der Waals surface area contributed by atoms with Crippen molar-refractivity contribution in [1.29, 1.82) is 0 Å². The van der Waals surface area contributed by atoms with E-state index in [0.717, 1.165) is 55.7 Å². The number of amides is 1. The van der Waals surface area contributed by atoms with Gasteiger partial charge in [-0.25, -0.2) is 9.79 Å². The third kappa shape index (κ3) is 6.33. The highest BCUT2D eigenvalue weighted by atomic mass is 16.5. The summed E-state index contributed by atoms with van der Waals surface area (Å²) < 4.78 is 5.14. The molecule has 1 aliphatic heterocycles. The van der Waals surface area contributed by atoms with E-state index in [4.69, 9.17) is 9.73 Å². The molecule has 0 bridgehead atoms. The zero-order valence-electron chi connectivity index (χ0n) is 24.6. The first-order valence-electron chi connectivity index (χ1n) is 14.9. The number of carbonyl (C=O) groups is 2. The van der Waals surface area contributed by atoms with E-state index in [1.165, 1.54) is 0 Å². The first-order valence-corrected chi connectivity index (χ1v) is 14.9. The molecule has 1 aromatic heterocycles. The summed E-state index contributed by atoms with van der Waals surface area (Å²) >= 11 is 0. The standard InChI is InChI=1S/C34H37N5O4/c1-3-43-34(42)24-9-16-28-29(21-24)36-33(41)31(28)32(23-7-5-4-6-8-23)35-25-10-12-26(13-11-25)39(27-14-15-27)30(40)22-38-19-17-37(2)18-20-38/h4-13,16,21,27,36,41H,3,14-15,17-20,22H2,1-2H3. The minimum absolute atomic E-state index is 0.0374. The van der Waals surface area contributed by atoms with Gasteiger partial charge in [0.15, 0.2) is 5.88 Å². The Kier molecular flexibility index (Phi) is 8.26. The fourth-order valence-corrected chi connectivity index (χ4v) is 5.61. The van der Waals surface area contributed by atoms with E-state index in [-0.39, 0.29) is 24.4 Å². The molecular weight excluding hydrogens is 542 g/mol. The van der Waals surface area contributed by atoms with E-state index < -0.39 is 5.97 Å². The van der Waals surface area contributed by atoms with Gasteiger partial charge in [0, 0.05) is 54.4 Å². The minimum atomic E-state index is -0.417. The molecule has 1 saturated heterocycles. The normalized spacial score (nSPS) is 16.4. The van der Waals surface area contributed by atoms with Crippen LogP contribution in [0.5, 0.6) is 5.88 Å². The maximum absolute atomic E-state index is 13.4. The molecule has 2 N–H and O–H groups in total. The van der Waals surface area contributed by atoms with Gasteiger partial charge >= 0.3 is 5.97 Å². The topological polar surface area (TPSA) is 101 Å². The summed E-state index contributed by atoms with van der Waals surface area (Å²) in [6.45, 7) is 6.24. The van der Waals surface area contributed by atoms with E-state index in [1.54, 1.807) is 25.1 Å². The Morgan fingerprint density at radius 2 is 1.70 bits per heavy atom. The van der Waals surface area contributed by atoms with Crippen LogP contribution in [0.3, 0.4) is 0 Å². The quantitative estimate of drug-likeness (QED) is 0.215. The van der Waals surface area contributed by atoms with Crippen LogP contribution in [0.25, 0.3) is 10.9 Å². The average Bonchev–Trinajstić information content (AvgIpc) is 3.79. The minimum Gasteiger partial charge on any atom is -0.494 e. The van der Waals surface area contributed by atoms with Crippen LogP contribution in [0, 0.1) is 0 Å². The number of benzene rings is 3. The van der Waals surface area contributed by atoms with Crippen molar-refractivity contribution < 1.29 is 19.4 Å². The molecule has 9 heteroatoms. The van der Waals surface area contributed by atoms with E-state index in [1.807, 2.05) is 59.5 Å². The van der Waals surface area contributed by atoms with Gasteiger partial charge in [-0.15, -0.1) is 0 Å². The highest BCUT2D eigenvalue weighted by Gasteiger charge is 2.34. The first kappa shape index (κ1) is 28.6. The zero-order chi connectivity index (χ0) is 29.9. The number of nitrogens with zero attached hydrogens (tertiary/aromatic N) is 4. The Hall–Kier alpha value is -4.47. The maximum Gasteiger partial charge on any atom is 0.338 e. The van der Waals surface area contributed by atoms with E-state index in [2.05, 4.69) is 21.8 Å². The molecule has 0 spiro atoms. The molecule has 1 amide bonds. The van der Waals surface area contributed by atoms with Crippen LogP contribution in [-0.4, -0.2) is 89.9 Å². The molecule has 9 nitrogen and oxygen atoms in total. The molecule has 4 aromatic rings. The van der Waals surface area contributed by atoms with Gasteiger partial charge in [-0.05, 0) is 63.2 Å². The Bertz CT molecular complexity index is 1630. The molecule has 3 aromatic carbocycles. The molecule has 2 aliphatic rings. The number of anilines is 1. The summed E-state index contributed by atoms with van der Waals surface area (Å²) in [6, 6.07) is 22.9. The van der Waals surface area contributed by atoms with Gasteiger partial charge in [0.05, 0.1) is 35.7 Å². The number of aromatic hydroxyl groups is 1. The molecule has 0 unspecified atom stereocenters. The number of hydrogen-bond acceptors (Lipinski definition) is 7. The Morgan fingerprint density at radius 3 is 2.37 bits per heavy atom. The number of hydrogen-bond donors (Lipinski definition) is 2. The number of esters is 1. The van der Waals surface area contributed by atoms with Crippen molar-refractivity contribution in [2.75, 3.05) is 51.3 Å². The fraction of sp³-hybridized carbons (Fsp3) is 0.324. The molecule has 0 radical (unpaired) electrons. The molecule has 6 rings (SSSR count). The number of rotatable bonds is 9. The predicted octanol–water partition coefficient (Wildman–Crippen LogP) is 4.96. The van der Waals surface area contributed by atoms with E-state index in [0.29, 0.717) is 34.6 Å². The summed E-state index contributed by atoms with van der Waals surface area (Å²) in [5.74, 6) is -0.317. The molecule has 2 heterocycles. The number of fused-ring (bicyclic) bond motifs is 1. The van der Waals surface area contributed by atoms with Gasteiger partial charge in [0.2, 0.25) is 5.91 Å². The van der Waals surface area contributed by atoms with E-state index >= 15 is 0 Å². The summed E-state index contributed by atoms with van der Waals surface area (Å²) in [5.41, 5.74) is 4.55. The van der Waals surface area contributed by atoms with Gasteiger partial charge in [0.1, 0.15) is 0 Å². The lowest BCUT2D eigenvalue weighted by Crippen LogP contribution is -2.49. The van der Waals surface area contributed by atoms with Crippen molar-refractivity contribution in [2.45, 2.75) is 25.8 Å². The second kappa shape index (κ2) is 12.4. The number of piperazine rings is 1. The largest absolute Gasteiger partial charge is 0.494 e. The Labute approximate surface area is 251 Å². The van der Waals surface area contributed by atoms with Crippen LogP contribution in [0.1, 0.15) is 41.3 Å². The maximum atomic E-state index is 13.4. The Morgan fingerprint density at radius 1 is 0.977 bits per heavy atom. The van der Waals surface area contributed by atoms with Crippen molar-refractivity contribution in [3.8, 4) is 5.88 Å². The van der Waals surface area contributed by atoms with Gasteiger partial charge in [-0.3, -0.25) is 9.69 Å². The molecule has 2 fully saturated rings. The number of aliphatic imine (C=N–C) groups is 1. The summed E-state index contributed by atoms with van der Waals surface area (Å²) in [5, 5.41) is 11.8. The van der Waals surface area contributed by atoms with Crippen LogP contribution in [0.2, 0.25) is 0 Å². The van der Waals surface area contributed by atoms with Crippen LogP contribution in [0.15, 0.2) is 77.8 Å². The second-order valence-electron chi connectivity index (χ2n) is 11.2. The molecule has 43 heavy (non-hydrogen) atoms. The molecule has 1 aliphatic carbocycles. The molecule has 1 saturated carbocycles. The third-order valence-electron chi connectivity index (χ3n) is 8.08. The predicted molar refractivity (Wildman–Crippen MR) is 169 cm³/mol. The van der Waals surface area contributed by atoms with Crippen molar-refractivity contribution in [1.82, 2.24) is 14.8 Å². The summed E-state index contributed by atoms with van der Waals surface area (Å²) in [6.07, 6.45) is 2.04. The number of H-pyrrole nitrogens is 1. The van der Waals surface area contributed by atoms with Gasteiger partial charge in [-0.1, -0.05) is 36.4 Å². The molecule has 0 atom stereocenters. The Balaban J connectivity index is 1.31. The number of ether oxygens (including phenoxy) is 1. The van der Waals surface area contributed by atoms with Crippen molar-refractivity contribution in [2.24, 2.45) is 4.99 Å². The lowest BCUT2D eigenvalue weighted by molar-refractivity contribution is -0.120. The first-order chi connectivity index (χ1) is 20.9. The van der Waals surface area contributed by atoms with Crippen LogP contribution >= 0.6 is 0 Å². The lowest BCUT2D eigenvalue weighted by Gasteiger charge is -2.33. The van der Waals surface area contributed by atoms with Crippen molar-refractivity contribution in [3.63, 3.8) is 0 Å². The summed E-state index contributed by atoms with van der Waals surface area (Å²) in [7, 11) is 2.12. The van der Waals surface area contributed by atoms with Gasteiger partial charge in [-0.2, -0.15) is 0 Å². The molecular formula is C34H37N5O4. The van der Waals surface area contributed by atoms with Crippen LogP contribution < -0.4 is 4.90 Å².